The number of carbonyl (C=O) groups excluding carboxylic acids is 2. The Morgan fingerprint density at radius 1 is 1.14 bits per heavy atom. The highest BCUT2D eigenvalue weighted by Gasteiger charge is 2.58. The van der Waals surface area contributed by atoms with Crippen LogP contribution in [0.4, 0.5) is 5.69 Å². The molecule has 1 amide bonds. The van der Waals surface area contributed by atoms with Crippen LogP contribution in [0, 0.1) is 5.41 Å². The number of pyridine rings is 1. The molecular formula is C26H24Cl3N3O4. The van der Waals surface area contributed by atoms with E-state index in [0.717, 1.165) is 36.1 Å². The van der Waals surface area contributed by atoms with Crippen molar-refractivity contribution in [2.45, 2.75) is 56.4 Å². The molecule has 0 radical (unpaired) electrons. The maximum Gasteiger partial charge on any atom is 0.328 e. The van der Waals surface area contributed by atoms with Gasteiger partial charge >= 0.3 is 5.97 Å². The van der Waals surface area contributed by atoms with Gasteiger partial charge in [-0.15, -0.1) is 11.6 Å². The van der Waals surface area contributed by atoms with Crippen molar-refractivity contribution in [1.29, 1.82) is 0 Å². The number of anilines is 1. The average molecular weight is 549 g/mol. The van der Waals surface area contributed by atoms with Crippen molar-refractivity contribution in [2.75, 3.05) is 11.4 Å². The lowest BCUT2D eigenvalue weighted by atomic mass is 9.58. The minimum Gasteiger partial charge on any atom is -0.480 e. The number of carboxylic acid groups (broad SMARTS) is 1. The molecule has 1 aromatic heterocycles. The lowest BCUT2D eigenvalue weighted by molar-refractivity contribution is -0.138. The van der Waals surface area contributed by atoms with Crippen LogP contribution in [0.15, 0.2) is 35.3 Å². The molecule has 2 aromatic rings. The van der Waals surface area contributed by atoms with Crippen molar-refractivity contribution in [3.63, 3.8) is 0 Å². The van der Waals surface area contributed by atoms with E-state index in [0.29, 0.717) is 37.1 Å². The molecule has 1 aliphatic heterocycles. The maximum absolute atomic E-state index is 13.1. The van der Waals surface area contributed by atoms with Gasteiger partial charge in [-0.3, -0.25) is 14.6 Å². The molecule has 0 saturated heterocycles. The van der Waals surface area contributed by atoms with Gasteiger partial charge in [-0.25, -0.2) is 9.78 Å². The SMILES string of the molecule is O=C(O)C(Cc1ccc2c(c1)CCN2C(=O)c1cc(Cl)nc(Cl)c1)N=C1C(Cl)C(=O)C12CCCCC2. The highest BCUT2D eigenvalue weighted by Crippen LogP contribution is 2.49. The van der Waals surface area contributed by atoms with Crippen LogP contribution in [0.2, 0.25) is 10.3 Å². The number of aliphatic imine (C=N–C) groups is 1. The molecule has 5 rings (SSSR count). The quantitative estimate of drug-likeness (QED) is 0.410. The number of halogens is 3. The summed E-state index contributed by atoms with van der Waals surface area (Å²) in [5.74, 6) is -1.31. The molecule has 2 saturated carbocycles. The van der Waals surface area contributed by atoms with E-state index in [4.69, 9.17) is 34.8 Å². The van der Waals surface area contributed by atoms with E-state index in [1.807, 2.05) is 18.2 Å². The number of benzene rings is 1. The molecule has 2 fully saturated rings. The zero-order valence-electron chi connectivity index (χ0n) is 19.3. The van der Waals surface area contributed by atoms with Crippen LogP contribution in [0.1, 0.15) is 53.6 Å². The van der Waals surface area contributed by atoms with Crippen molar-refractivity contribution in [3.05, 3.63) is 57.3 Å². The molecule has 1 spiro atoms. The minimum absolute atomic E-state index is 0.0224. The smallest absolute Gasteiger partial charge is 0.328 e. The van der Waals surface area contributed by atoms with E-state index >= 15 is 0 Å². The summed E-state index contributed by atoms with van der Waals surface area (Å²) in [6, 6.07) is 7.48. The van der Waals surface area contributed by atoms with E-state index < -0.39 is 22.8 Å². The summed E-state index contributed by atoms with van der Waals surface area (Å²) in [5, 5.41) is 9.36. The Bertz CT molecular complexity index is 1270. The summed E-state index contributed by atoms with van der Waals surface area (Å²) < 4.78 is 0. The Morgan fingerprint density at radius 3 is 2.50 bits per heavy atom. The Balaban J connectivity index is 1.37. The van der Waals surface area contributed by atoms with Crippen molar-refractivity contribution in [3.8, 4) is 0 Å². The fourth-order valence-electron chi connectivity index (χ4n) is 5.62. The predicted octanol–water partition coefficient (Wildman–Crippen LogP) is 5.17. The number of hydrogen-bond acceptors (Lipinski definition) is 5. The number of amides is 1. The van der Waals surface area contributed by atoms with Crippen LogP contribution < -0.4 is 4.90 Å². The van der Waals surface area contributed by atoms with E-state index in [1.54, 1.807) is 4.90 Å². The number of Topliss-reactive ketones (excluding diaryl/α,β-unsaturated/α-hetero) is 1. The first-order valence-electron chi connectivity index (χ1n) is 12.0. The van der Waals surface area contributed by atoms with Crippen molar-refractivity contribution in [2.24, 2.45) is 10.4 Å². The largest absolute Gasteiger partial charge is 0.480 e. The van der Waals surface area contributed by atoms with Gasteiger partial charge in [0.25, 0.3) is 5.91 Å². The van der Waals surface area contributed by atoms with Crippen molar-refractivity contribution >= 4 is 63.9 Å². The highest BCUT2D eigenvalue weighted by molar-refractivity contribution is 6.54. The van der Waals surface area contributed by atoms with E-state index in [9.17, 15) is 19.5 Å². The fourth-order valence-corrected chi connectivity index (χ4v) is 6.56. The van der Waals surface area contributed by atoms with Gasteiger partial charge in [0.15, 0.2) is 11.8 Å². The monoisotopic (exact) mass is 547 g/mol. The number of carbonyl (C=O) groups is 3. The number of fused-ring (bicyclic) bond motifs is 1. The Morgan fingerprint density at radius 2 is 1.83 bits per heavy atom. The van der Waals surface area contributed by atoms with E-state index in [1.165, 1.54) is 12.1 Å². The maximum atomic E-state index is 13.1. The molecule has 10 heteroatoms. The van der Waals surface area contributed by atoms with Gasteiger partial charge in [-0.2, -0.15) is 0 Å². The average Bonchev–Trinajstić information content (AvgIpc) is 3.28. The topological polar surface area (TPSA) is 99.9 Å². The van der Waals surface area contributed by atoms with Crippen LogP contribution in [-0.4, -0.2) is 51.4 Å². The molecule has 2 unspecified atom stereocenters. The zero-order valence-corrected chi connectivity index (χ0v) is 21.6. The van der Waals surface area contributed by atoms with Crippen LogP contribution in [-0.2, 0) is 22.4 Å². The summed E-state index contributed by atoms with van der Waals surface area (Å²) in [6.45, 7) is 0.485. The number of alkyl halides is 1. The van der Waals surface area contributed by atoms with Crippen LogP contribution in [0.25, 0.3) is 0 Å². The molecule has 1 N–H and O–H groups in total. The molecule has 2 atom stereocenters. The fraction of sp³-hybridized carbons (Fsp3) is 0.423. The molecule has 2 heterocycles. The Hall–Kier alpha value is -2.48. The van der Waals surface area contributed by atoms with Crippen molar-refractivity contribution < 1.29 is 19.5 Å². The summed E-state index contributed by atoms with van der Waals surface area (Å²) in [4.78, 5) is 47.9. The number of rotatable bonds is 5. The molecule has 2 aliphatic carbocycles. The molecule has 36 heavy (non-hydrogen) atoms. The molecule has 3 aliphatic rings. The van der Waals surface area contributed by atoms with Gasteiger partial charge in [-0.1, -0.05) is 54.6 Å². The number of aliphatic carboxylic acids is 1. The highest BCUT2D eigenvalue weighted by atomic mass is 35.5. The molecule has 188 valence electrons. The second-order valence-electron chi connectivity index (χ2n) is 9.61. The Kier molecular flexibility index (Phi) is 6.83. The van der Waals surface area contributed by atoms with Crippen LogP contribution in [0.5, 0.6) is 0 Å². The third kappa shape index (κ3) is 4.42. The van der Waals surface area contributed by atoms with Gasteiger partial charge in [0, 0.05) is 24.2 Å². The number of carboxylic acids is 1. The summed E-state index contributed by atoms with van der Waals surface area (Å²) >= 11 is 18.2. The number of hydrogen-bond donors (Lipinski definition) is 1. The third-order valence-corrected chi connectivity index (χ3v) is 8.23. The number of ketones is 1. The number of aromatic nitrogens is 1. The first-order chi connectivity index (χ1) is 17.2. The lowest BCUT2D eigenvalue weighted by Crippen LogP contribution is -2.61. The van der Waals surface area contributed by atoms with Crippen LogP contribution in [0.3, 0.4) is 0 Å². The van der Waals surface area contributed by atoms with Gasteiger partial charge in [0.2, 0.25) is 0 Å². The van der Waals surface area contributed by atoms with Gasteiger partial charge in [-0.05, 0) is 48.6 Å². The summed E-state index contributed by atoms with van der Waals surface area (Å²) in [6.07, 6.45) is 5.09. The zero-order chi connectivity index (χ0) is 25.6. The third-order valence-electron chi connectivity index (χ3n) is 7.44. The van der Waals surface area contributed by atoms with Gasteiger partial charge in [0.05, 0.1) is 11.1 Å². The first kappa shape index (κ1) is 25.2. The molecule has 7 nitrogen and oxygen atoms in total. The summed E-state index contributed by atoms with van der Waals surface area (Å²) in [5.41, 5.74) is 2.72. The molecule has 1 aromatic carbocycles. The Labute approximate surface area is 223 Å². The van der Waals surface area contributed by atoms with E-state index in [-0.39, 0.29) is 28.4 Å². The predicted molar refractivity (Wildman–Crippen MR) is 139 cm³/mol. The first-order valence-corrected chi connectivity index (χ1v) is 13.1. The van der Waals surface area contributed by atoms with Gasteiger partial charge < -0.3 is 10.0 Å². The van der Waals surface area contributed by atoms with E-state index in [2.05, 4.69) is 9.98 Å². The lowest BCUT2D eigenvalue weighted by Gasteiger charge is -2.47. The van der Waals surface area contributed by atoms with Gasteiger partial charge in [0.1, 0.15) is 15.7 Å². The standard InChI is InChI=1S/C26H24Cl3N3O4/c27-19-12-16(13-20(28)31-19)24(34)32-9-6-15-10-14(4-5-18(15)32)11-17(25(35)36)30-22-21(29)23(33)26(22)7-2-1-3-8-26/h4-5,10,12-13,17,21H,1-3,6-9,11H2,(H,35,36). The van der Waals surface area contributed by atoms with Crippen LogP contribution >= 0.6 is 34.8 Å². The second-order valence-corrected chi connectivity index (χ2v) is 10.8. The normalized spacial score (nSPS) is 22.4. The second kappa shape index (κ2) is 9.77. The van der Waals surface area contributed by atoms with Crippen molar-refractivity contribution in [1.82, 2.24) is 4.98 Å². The summed E-state index contributed by atoms with van der Waals surface area (Å²) in [7, 11) is 0. The number of nitrogens with zero attached hydrogens (tertiary/aromatic N) is 3. The minimum atomic E-state index is -1.06. The molecular weight excluding hydrogens is 525 g/mol. The molecule has 0 bridgehead atoms.